The second-order valence-electron chi connectivity index (χ2n) is 7.30. The molecule has 0 spiro atoms. The number of hydrogen-bond donors (Lipinski definition) is 1. The average molecular weight is 427 g/mol. The zero-order valence-corrected chi connectivity index (χ0v) is 17.6. The van der Waals surface area contributed by atoms with Gasteiger partial charge in [0.15, 0.2) is 0 Å². The summed E-state index contributed by atoms with van der Waals surface area (Å²) < 4.78 is 6.87. The smallest absolute Gasteiger partial charge is 0.338 e. The van der Waals surface area contributed by atoms with Gasteiger partial charge in [-0.2, -0.15) is 5.10 Å². The quantitative estimate of drug-likeness (QED) is 0.621. The van der Waals surface area contributed by atoms with E-state index in [1.807, 2.05) is 16.9 Å². The molecule has 1 aliphatic heterocycles. The first-order valence-corrected chi connectivity index (χ1v) is 10.1. The van der Waals surface area contributed by atoms with Gasteiger partial charge < -0.3 is 15.0 Å². The molecule has 8 nitrogen and oxygen atoms in total. The number of rotatable bonds is 5. The van der Waals surface area contributed by atoms with Crippen molar-refractivity contribution in [3.8, 4) is 11.3 Å². The molecular weight excluding hydrogens is 404 g/mol. The van der Waals surface area contributed by atoms with Crippen LogP contribution in [0.5, 0.6) is 0 Å². The van der Waals surface area contributed by atoms with Crippen LogP contribution in [0, 0.1) is 0 Å². The number of carbonyl (C=O) groups excluding carboxylic acids is 1. The van der Waals surface area contributed by atoms with Crippen molar-refractivity contribution in [2.75, 3.05) is 32.6 Å². The molecule has 0 atom stereocenters. The fraction of sp³-hybridized carbons (Fsp3) is 0.333. The second-order valence-corrected chi connectivity index (χ2v) is 7.70. The topological polar surface area (TPSA) is 85.2 Å². The lowest BCUT2D eigenvalue weighted by Crippen LogP contribution is -2.31. The minimum atomic E-state index is -0.450. The fourth-order valence-corrected chi connectivity index (χ4v) is 3.78. The molecule has 2 aromatic heterocycles. The van der Waals surface area contributed by atoms with E-state index in [1.165, 1.54) is 13.3 Å². The lowest BCUT2D eigenvalue weighted by Gasteiger charge is -2.28. The monoisotopic (exact) mass is 426 g/mol. The molecule has 1 aromatic carbocycles. The van der Waals surface area contributed by atoms with Crippen molar-refractivity contribution >= 4 is 29.2 Å². The molecule has 1 fully saturated rings. The van der Waals surface area contributed by atoms with Gasteiger partial charge in [0.25, 0.3) is 0 Å². The summed E-state index contributed by atoms with van der Waals surface area (Å²) in [4.78, 5) is 23.3. The highest BCUT2D eigenvalue weighted by Crippen LogP contribution is 2.30. The highest BCUT2D eigenvalue weighted by Gasteiger charge is 2.20. The molecule has 0 unspecified atom stereocenters. The number of methoxy groups -OCH3 is 1. The molecule has 0 amide bonds. The van der Waals surface area contributed by atoms with Crippen LogP contribution in [0.15, 0.2) is 42.9 Å². The van der Waals surface area contributed by atoms with Crippen LogP contribution in [-0.2, 0) is 4.74 Å². The summed E-state index contributed by atoms with van der Waals surface area (Å²) in [5.74, 6) is -0.0776. The van der Waals surface area contributed by atoms with E-state index in [2.05, 4.69) is 32.3 Å². The third-order valence-electron chi connectivity index (χ3n) is 5.25. The summed E-state index contributed by atoms with van der Waals surface area (Å²) in [7, 11) is 3.48. The lowest BCUT2D eigenvalue weighted by atomic mass is 10.0. The normalized spacial score (nSPS) is 15.2. The number of hydrogen-bond acceptors (Lipinski definition) is 7. The van der Waals surface area contributed by atoms with E-state index < -0.39 is 5.97 Å². The number of aromatic nitrogens is 4. The van der Waals surface area contributed by atoms with Crippen molar-refractivity contribution < 1.29 is 9.53 Å². The maximum Gasteiger partial charge on any atom is 0.338 e. The van der Waals surface area contributed by atoms with Gasteiger partial charge in [0.1, 0.15) is 0 Å². The standard InChI is InChI=1S/C21H23ClN6O2/c1-27-9-7-15(8-10-27)28-13-14(11-24-28)25-21-23-12-18(22)19(26-21)16-5-3-4-6-17(16)20(29)30-2/h3-6,11-13,15H,7-10H2,1-2H3,(H,23,25,26). The Morgan fingerprint density at radius 3 is 2.77 bits per heavy atom. The van der Waals surface area contributed by atoms with E-state index in [4.69, 9.17) is 16.3 Å². The molecule has 3 aromatic rings. The Morgan fingerprint density at radius 2 is 2.00 bits per heavy atom. The van der Waals surface area contributed by atoms with E-state index in [0.717, 1.165) is 31.6 Å². The van der Waals surface area contributed by atoms with Crippen LogP contribution < -0.4 is 5.32 Å². The molecule has 0 aliphatic carbocycles. The molecule has 30 heavy (non-hydrogen) atoms. The number of benzene rings is 1. The Bertz CT molecular complexity index is 1050. The lowest BCUT2D eigenvalue weighted by molar-refractivity contribution is 0.0601. The summed E-state index contributed by atoms with van der Waals surface area (Å²) in [6.45, 7) is 2.13. The van der Waals surface area contributed by atoms with Crippen molar-refractivity contribution in [2.24, 2.45) is 0 Å². The second kappa shape index (κ2) is 8.81. The summed E-state index contributed by atoms with van der Waals surface area (Å²) in [6, 6.07) is 7.44. The number of nitrogens with zero attached hydrogens (tertiary/aromatic N) is 5. The maximum absolute atomic E-state index is 12.1. The van der Waals surface area contributed by atoms with E-state index >= 15 is 0 Å². The molecule has 1 N–H and O–H groups in total. The van der Waals surface area contributed by atoms with Gasteiger partial charge in [-0.25, -0.2) is 14.8 Å². The number of ether oxygens (including phenoxy) is 1. The minimum absolute atomic E-state index is 0.346. The molecule has 0 saturated carbocycles. The van der Waals surface area contributed by atoms with Gasteiger partial charge >= 0.3 is 5.97 Å². The molecule has 1 aliphatic rings. The summed E-state index contributed by atoms with van der Waals surface area (Å²) in [5.41, 5.74) is 2.23. The van der Waals surface area contributed by atoms with Crippen molar-refractivity contribution in [1.82, 2.24) is 24.6 Å². The largest absolute Gasteiger partial charge is 0.465 e. The van der Waals surface area contributed by atoms with E-state index in [9.17, 15) is 4.79 Å². The first-order valence-electron chi connectivity index (χ1n) is 9.75. The molecule has 4 rings (SSSR count). The van der Waals surface area contributed by atoms with Gasteiger partial charge in [-0.1, -0.05) is 29.8 Å². The van der Waals surface area contributed by atoms with Gasteiger partial charge in [-0.05, 0) is 39.0 Å². The molecule has 9 heteroatoms. The van der Waals surface area contributed by atoms with Crippen LogP contribution in [-0.4, -0.2) is 57.9 Å². The third kappa shape index (κ3) is 4.29. The maximum atomic E-state index is 12.1. The Hall–Kier alpha value is -2.97. The van der Waals surface area contributed by atoms with Gasteiger partial charge in [0.05, 0.1) is 47.5 Å². The van der Waals surface area contributed by atoms with E-state index in [0.29, 0.717) is 33.8 Å². The zero-order chi connectivity index (χ0) is 21.1. The Morgan fingerprint density at radius 1 is 1.23 bits per heavy atom. The highest BCUT2D eigenvalue weighted by atomic mass is 35.5. The van der Waals surface area contributed by atoms with Crippen LogP contribution in [0.3, 0.4) is 0 Å². The van der Waals surface area contributed by atoms with Crippen LogP contribution in [0.25, 0.3) is 11.3 Å². The Labute approximate surface area is 179 Å². The molecule has 1 saturated heterocycles. The minimum Gasteiger partial charge on any atom is -0.465 e. The first kappa shape index (κ1) is 20.3. The number of anilines is 2. The Balaban J connectivity index is 1.57. The van der Waals surface area contributed by atoms with Gasteiger partial charge in [-0.3, -0.25) is 4.68 Å². The first-order chi connectivity index (χ1) is 14.5. The number of nitrogens with one attached hydrogen (secondary N) is 1. The number of esters is 1. The van der Waals surface area contributed by atoms with Crippen molar-refractivity contribution in [3.05, 3.63) is 53.4 Å². The highest BCUT2D eigenvalue weighted by molar-refractivity contribution is 6.33. The number of halogens is 1. The van der Waals surface area contributed by atoms with E-state index in [-0.39, 0.29) is 0 Å². The molecule has 3 heterocycles. The Kier molecular flexibility index (Phi) is 5.96. The molecule has 0 radical (unpaired) electrons. The predicted molar refractivity (Wildman–Crippen MR) is 115 cm³/mol. The van der Waals surface area contributed by atoms with Gasteiger partial charge in [0.2, 0.25) is 5.95 Å². The van der Waals surface area contributed by atoms with Crippen LogP contribution >= 0.6 is 11.6 Å². The number of carbonyl (C=O) groups is 1. The summed E-state index contributed by atoms with van der Waals surface area (Å²) >= 11 is 6.35. The van der Waals surface area contributed by atoms with Gasteiger partial charge in [0, 0.05) is 11.8 Å². The average Bonchev–Trinajstić information content (AvgIpc) is 3.23. The van der Waals surface area contributed by atoms with Crippen molar-refractivity contribution in [3.63, 3.8) is 0 Å². The van der Waals surface area contributed by atoms with Crippen LogP contribution in [0.4, 0.5) is 11.6 Å². The van der Waals surface area contributed by atoms with Crippen molar-refractivity contribution in [1.29, 1.82) is 0 Å². The molecule has 0 bridgehead atoms. The van der Waals surface area contributed by atoms with Crippen LogP contribution in [0.2, 0.25) is 5.02 Å². The number of likely N-dealkylation sites (tertiary alicyclic amines) is 1. The third-order valence-corrected chi connectivity index (χ3v) is 5.53. The summed E-state index contributed by atoms with van der Waals surface area (Å²) in [6.07, 6.45) is 7.39. The SMILES string of the molecule is COC(=O)c1ccccc1-c1nc(Nc2cnn(C3CCN(C)CC3)c2)ncc1Cl. The van der Waals surface area contributed by atoms with Gasteiger partial charge in [-0.15, -0.1) is 0 Å². The molecule has 156 valence electrons. The predicted octanol–water partition coefficient (Wildman–Crippen LogP) is 3.79. The van der Waals surface area contributed by atoms with Crippen LogP contribution in [0.1, 0.15) is 29.2 Å². The zero-order valence-electron chi connectivity index (χ0n) is 16.9. The molecular formula is C21H23ClN6O2. The number of piperidine rings is 1. The summed E-state index contributed by atoms with van der Waals surface area (Å²) in [5, 5.41) is 8.03. The van der Waals surface area contributed by atoms with Crippen molar-refractivity contribution in [2.45, 2.75) is 18.9 Å². The van der Waals surface area contributed by atoms with E-state index in [1.54, 1.807) is 24.4 Å². The fourth-order valence-electron chi connectivity index (χ4n) is 3.58.